The second-order valence-corrected chi connectivity index (χ2v) is 10.9. The van der Waals surface area contributed by atoms with Gasteiger partial charge in [-0.25, -0.2) is 0 Å². The summed E-state index contributed by atoms with van der Waals surface area (Å²) in [6, 6.07) is 17.9. The largest absolute Gasteiger partial charge is 0.368 e. The van der Waals surface area contributed by atoms with Crippen molar-refractivity contribution in [3.05, 3.63) is 42.0 Å². The van der Waals surface area contributed by atoms with Crippen LogP contribution in [0.3, 0.4) is 0 Å². The van der Waals surface area contributed by atoms with E-state index >= 15 is 0 Å². The SMILES string of the molecule is CC1=C[C@@H](O[C@@H]2C[C@H](C)CC[C@H]2C(C)C)C(C#N)(C#N)C(C#N)(C#N)[C@@H]1Sc1ccccc1. The fourth-order valence-corrected chi connectivity index (χ4v) is 6.61. The van der Waals surface area contributed by atoms with E-state index in [4.69, 9.17) is 4.74 Å². The van der Waals surface area contributed by atoms with Gasteiger partial charge in [0.15, 0.2) is 5.41 Å². The van der Waals surface area contributed by atoms with Crippen molar-refractivity contribution in [3.8, 4) is 24.3 Å². The third-order valence-corrected chi connectivity index (χ3v) is 8.76. The molecule has 0 aliphatic heterocycles. The Hall–Kier alpha value is -2.77. The van der Waals surface area contributed by atoms with Crippen molar-refractivity contribution in [1.29, 1.82) is 21.0 Å². The molecule has 1 aromatic rings. The van der Waals surface area contributed by atoms with Crippen LogP contribution in [0.15, 0.2) is 46.9 Å². The molecule has 0 amide bonds. The molecule has 0 heterocycles. The second kappa shape index (κ2) is 10.0. The summed E-state index contributed by atoms with van der Waals surface area (Å²) >= 11 is 1.34. The van der Waals surface area contributed by atoms with Gasteiger partial charge < -0.3 is 4.74 Å². The van der Waals surface area contributed by atoms with Gasteiger partial charge in [0, 0.05) is 4.90 Å². The molecule has 0 aromatic heterocycles. The number of hydrogen-bond acceptors (Lipinski definition) is 6. The molecule has 1 fully saturated rings. The van der Waals surface area contributed by atoms with E-state index in [-0.39, 0.29) is 6.10 Å². The zero-order chi connectivity index (χ0) is 24.2. The standard InChI is InChI=1S/C27H30N4OS/c1-18(2)22-11-10-19(3)12-23(22)32-24-13-20(4)25(33-21-8-6-5-7-9-21)27(16-30,17-31)26(24,14-28)15-29/h5-9,13,18-19,22-25H,10-12H2,1-4H3/t19-,22+,23-,24-,25-/m1/s1. The van der Waals surface area contributed by atoms with Crippen LogP contribution in [-0.2, 0) is 4.74 Å². The van der Waals surface area contributed by atoms with E-state index in [9.17, 15) is 21.0 Å². The molecule has 5 nitrogen and oxygen atoms in total. The van der Waals surface area contributed by atoms with Crippen molar-refractivity contribution in [3.63, 3.8) is 0 Å². The molecule has 3 rings (SSSR count). The predicted octanol–water partition coefficient (Wildman–Crippen LogP) is 6.02. The summed E-state index contributed by atoms with van der Waals surface area (Å²) in [5, 5.41) is 40.7. The first-order chi connectivity index (χ1) is 15.8. The fourth-order valence-electron chi connectivity index (χ4n) is 5.29. The molecule has 33 heavy (non-hydrogen) atoms. The Morgan fingerprint density at radius 1 is 0.970 bits per heavy atom. The van der Waals surface area contributed by atoms with E-state index in [2.05, 4.69) is 45.0 Å². The van der Waals surface area contributed by atoms with Gasteiger partial charge in [-0.15, -0.1) is 11.8 Å². The monoisotopic (exact) mass is 458 g/mol. The predicted molar refractivity (Wildman–Crippen MR) is 127 cm³/mol. The third-order valence-electron chi connectivity index (χ3n) is 7.26. The molecule has 0 spiro atoms. The number of nitrogens with zero attached hydrogens (tertiary/aromatic N) is 4. The van der Waals surface area contributed by atoms with E-state index in [0.29, 0.717) is 17.8 Å². The van der Waals surface area contributed by atoms with Crippen molar-refractivity contribution in [2.24, 2.45) is 28.6 Å². The Morgan fingerprint density at radius 3 is 2.12 bits per heavy atom. The van der Waals surface area contributed by atoms with Crippen LogP contribution in [0.4, 0.5) is 0 Å². The minimum atomic E-state index is -1.94. The van der Waals surface area contributed by atoms with Gasteiger partial charge in [0.1, 0.15) is 6.10 Å². The molecule has 0 saturated heterocycles. The van der Waals surface area contributed by atoms with E-state index in [1.54, 1.807) is 0 Å². The Labute approximate surface area is 201 Å². The van der Waals surface area contributed by atoms with Crippen LogP contribution in [0.2, 0.25) is 0 Å². The molecule has 0 radical (unpaired) electrons. The minimum absolute atomic E-state index is 0.128. The molecule has 2 aliphatic rings. The van der Waals surface area contributed by atoms with Crippen molar-refractivity contribution in [2.75, 3.05) is 0 Å². The normalized spacial score (nSPS) is 30.2. The average molecular weight is 459 g/mol. The van der Waals surface area contributed by atoms with Crippen LogP contribution >= 0.6 is 11.8 Å². The van der Waals surface area contributed by atoms with Crippen LogP contribution < -0.4 is 0 Å². The molecule has 170 valence electrons. The summed E-state index contributed by atoms with van der Waals surface area (Å²) in [5.74, 6) is 1.18. The number of benzene rings is 1. The first-order valence-corrected chi connectivity index (χ1v) is 12.4. The number of ether oxygens (including phenoxy) is 1. The number of nitriles is 4. The fraction of sp³-hybridized carbons (Fsp3) is 0.556. The molecule has 6 heteroatoms. The summed E-state index contributed by atoms with van der Waals surface area (Å²) in [6.45, 7) is 8.39. The van der Waals surface area contributed by atoms with Crippen molar-refractivity contribution in [1.82, 2.24) is 0 Å². The lowest BCUT2D eigenvalue weighted by molar-refractivity contribution is -0.0991. The Morgan fingerprint density at radius 2 is 1.58 bits per heavy atom. The van der Waals surface area contributed by atoms with Gasteiger partial charge in [-0.1, -0.05) is 57.0 Å². The number of thioether (sulfide) groups is 1. The molecule has 0 unspecified atom stereocenters. The van der Waals surface area contributed by atoms with Gasteiger partial charge in [-0.2, -0.15) is 21.0 Å². The topological polar surface area (TPSA) is 104 Å². The first kappa shape index (κ1) is 24.9. The molecule has 0 bridgehead atoms. The molecule has 5 atom stereocenters. The molecule has 2 aliphatic carbocycles. The minimum Gasteiger partial charge on any atom is -0.368 e. The van der Waals surface area contributed by atoms with Gasteiger partial charge in [-0.05, 0) is 49.7 Å². The third kappa shape index (κ3) is 4.27. The van der Waals surface area contributed by atoms with E-state index in [0.717, 1.165) is 29.7 Å². The van der Waals surface area contributed by atoms with Crippen LogP contribution in [0.5, 0.6) is 0 Å². The highest BCUT2D eigenvalue weighted by atomic mass is 32.2. The van der Waals surface area contributed by atoms with E-state index in [1.807, 2.05) is 43.3 Å². The molecular weight excluding hydrogens is 428 g/mol. The lowest BCUT2D eigenvalue weighted by Crippen LogP contribution is -2.57. The van der Waals surface area contributed by atoms with Crippen molar-refractivity contribution >= 4 is 11.8 Å². The first-order valence-electron chi connectivity index (χ1n) is 11.5. The average Bonchev–Trinajstić information content (AvgIpc) is 2.81. The lowest BCUT2D eigenvalue weighted by Gasteiger charge is -2.47. The second-order valence-electron chi connectivity index (χ2n) is 9.71. The van der Waals surface area contributed by atoms with E-state index in [1.165, 1.54) is 11.8 Å². The van der Waals surface area contributed by atoms with Gasteiger partial charge in [0.05, 0.1) is 35.6 Å². The smallest absolute Gasteiger partial charge is 0.206 e. The summed E-state index contributed by atoms with van der Waals surface area (Å²) in [6.07, 6.45) is 3.73. The Bertz CT molecular complexity index is 1020. The molecule has 0 N–H and O–H groups in total. The summed E-state index contributed by atoms with van der Waals surface area (Å²) in [7, 11) is 0. The number of hydrogen-bond donors (Lipinski definition) is 0. The van der Waals surface area contributed by atoms with Gasteiger partial charge in [0.2, 0.25) is 5.41 Å². The van der Waals surface area contributed by atoms with Crippen molar-refractivity contribution in [2.45, 2.75) is 69.3 Å². The maximum Gasteiger partial charge on any atom is 0.206 e. The van der Waals surface area contributed by atoms with Gasteiger partial charge in [0.25, 0.3) is 0 Å². The highest BCUT2D eigenvalue weighted by Gasteiger charge is 2.66. The summed E-state index contributed by atoms with van der Waals surface area (Å²) in [4.78, 5) is 0.871. The summed E-state index contributed by atoms with van der Waals surface area (Å²) in [5.41, 5.74) is -3.04. The molecule has 1 aromatic carbocycles. The van der Waals surface area contributed by atoms with Crippen LogP contribution in [-0.4, -0.2) is 17.5 Å². The van der Waals surface area contributed by atoms with Gasteiger partial charge >= 0.3 is 0 Å². The highest BCUT2D eigenvalue weighted by molar-refractivity contribution is 8.00. The van der Waals surface area contributed by atoms with Crippen LogP contribution in [0, 0.1) is 73.9 Å². The zero-order valence-electron chi connectivity index (χ0n) is 19.7. The maximum absolute atomic E-state index is 10.3. The lowest BCUT2D eigenvalue weighted by atomic mass is 9.57. The van der Waals surface area contributed by atoms with E-state index < -0.39 is 22.2 Å². The Balaban J connectivity index is 2.10. The number of rotatable bonds is 5. The van der Waals surface area contributed by atoms with Crippen molar-refractivity contribution < 1.29 is 4.74 Å². The quantitative estimate of drug-likeness (QED) is 0.500. The summed E-state index contributed by atoms with van der Waals surface area (Å²) < 4.78 is 6.57. The van der Waals surface area contributed by atoms with Gasteiger partial charge in [-0.3, -0.25) is 0 Å². The Kier molecular flexibility index (Phi) is 7.55. The molecule has 1 saturated carbocycles. The molecular formula is C27H30N4OS. The van der Waals surface area contributed by atoms with Crippen LogP contribution in [0.1, 0.15) is 47.0 Å². The highest BCUT2D eigenvalue weighted by Crippen LogP contribution is 2.56. The maximum atomic E-state index is 10.3. The zero-order valence-corrected chi connectivity index (χ0v) is 20.5. The van der Waals surface area contributed by atoms with Crippen LogP contribution in [0.25, 0.3) is 0 Å².